The average molecular weight is 651 g/mol. The van der Waals surface area contributed by atoms with Crippen LogP contribution in [0.1, 0.15) is 61.3 Å². The molecule has 4 heterocycles. The fourth-order valence-electron chi connectivity index (χ4n) is 7.18. The van der Waals surface area contributed by atoms with Crippen molar-refractivity contribution >= 4 is 25.7 Å². The number of esters is 1. The molecule has 4 rings (SSSR count). The lowest BCUT2D eigenvalue weighted by Gasteiger charge is -2.41. The van der Waals surface area contributed by atoms with Crippen LogP contribution in [0.15, 0.2) is 42.7 Å². The van der Waals surface area contributed by atoms with E-state index in [1.807, 2.05) is 79.0 Å². The number of Topliss-reactive ketones (excluding diaryl/α,β-unsaturated/α-hetero) is 1. The lowest BCUT2D eigenvalue weighted by Crippen LogP contribution is -2.60. The molecule has 9 atom stereocenters. The van der Waals surface area contributed by atoms with Gasteiger partial charge in [-0.25, -0.2) is 9.48 Å². The molecular formula is C34H51BN6O6. The largest absolute Gasteiger partial charge is 0.458 e. The minimum Gasteiger partial charge on any atom is -0.458 e. The zero-order valence-corrected chi connectivity index (χ0v) is 29.3. The molecular weight excluding hydrogens is 599 g/mol. The van der Waals surface area contributed by atoms with E-state index in [-0.39, 0.29) is 30.1 Å². The van der Waals surface area contributed by atoms with Crippen LogP contribution in [0.25, 0.3) is 11.4 Å². The molecule has 0 spiro atoms. The molecule has 12 nitrogen and oxygen atoms in total. The summed E-state index contributed by atoms with van der Waals surface area (Å²) in [6.45, 7) is 14.8. The molecule has 2 aromatic rings. The summed E-state index contributed by atoms with van der Waals surface area (Å²) < 4.78 is 19.9. The summed E-state index contributed by atoms with van der Waals surface area (Å²) >= 11 is 0. The number of rotatable bonds is 7. The number of carbonyl (C=O) groups is 3. The van der Waals surface area contributed by atoms with Gasteiger partial charge in [0.15, 0.2) is 5.60 Å². The number of carbonyl (C=O) groups excluding carboxylic acids is 3. The van der Waals surface area contributed by atoms with Crippen LogP contribution in [0.2, 0.25) is 5.82 Å². The lowest BCUT2D eigenvalue weighted by molar-refractivity contribution is -0.170. The average Bonchev–Trinajstić information content (AvgIpc) is 3.64. The van der Waals surface area contributed by atoms with Crippen molar-refractivity contribution in [3.63, 3.8) is 0 Å². The van der Waals surface area contributed by atoms with Gasteiger partial charge in [0.1, 0.15) is 31.3 Å². The number of hydrogen-bond donors (Lipinski definition) is 1. The van der Waals surface area contributed by atoms with Crippen molar-refractivity contribution in [2.24, 2.45) is 17.8 Å². The molecule has 0 saturated carbocycles. The van der Waals surface area contributed by atoms with Crippen molar-refractivity contribution < 1.29 is 28.6 Å². The van der Waals surface area contributed by atoms with Gasteiger partial charge in [0.25, 0.3) is 0 Å². The molecule has 2 fully saturated rings. The van der Waals surface area contributed by atoms with E-state index < -0.39 is 47.2 Å². The predicted octanol–water partition coefficient (Wildman–Crippen LogP) is 3.48. The van der Waals surface area contributed by atoms with Gasteiger partial charge in [0, 0.05) is 31.8 Å². The van der Waals surface area contributed by atoms with Crippen molar-refractivity contribution in [1.82, 2.24) is 30.2 Å². The number of fused-ring (bicyclic) bond motifs is 1. The summed E-state index contributed by atoms with van der Waals surface area (Å²) in [6.07, 6.45) is 7.20. The van der Waals surface area contributed by atoms with E-state index >= 15 is 0 Å². The van der Waals surface area contributed by atoms with Gasteiger partial charge >= 0.3 is 12.1 Å². The Labute approximate surface area is 279 Å². The number of allylic oxidation sites excluding steroid dienone is 1. The first kappa shape index (κ1) is 36.3. The minimum atomic E-state index is -1.17. The zero-order chi connectivity index (χ0) is 34.5. The molecule has 2 saturated heterocycles. The summed E-state index contributed by atoms with van der Waals surface area (Å²) in [5, 5.41) is 12.1. The maximum atomic E-state index is 13.6. The van der Waals surface area contributed by atoms with Gasteiger partial charge in [-0.05, 0) is 70.9 Å². The van der Waals surface area contributed by atoms with Gasteiger partial charge in [-0.2, -0.15) is 0 Å². The van der Waals surface area contributed by atoms with Crippen LogP contribution < -0.4 is 5.32 Å². The van der Waals surface area contributed by atoms with Gasteiger partial charge in [-0.1, -0.05) is 44.2 Å². The van der Waals surface area contributed by atoms with Gasteiger partial charge in [0.05, 0.1) is 30.1 Å². The number of nitrogens with zero attached hydrogens (tertiary/aromatic N) is 5. The maximum Gasteiger partial charge on any atom is 0.411 e. The summed E-state index contributed by atoms with van der Waals surface area (Å²) in [6, 6.07) is 4.92. The molecule has 2 aromatic heterocycles. The lowest BCUT2D eigenvalue weighted by atomic mass is 9.62. The van der Waals surface area contributed by atoms with Crippen LogP contribution in [0, 0.1) is 17.8 Å². The highest BCUT2D eigenvalue weighted by molar-refractivity contribution is 6.15. The number of ether oxygens (including phenoxy) is 3. The standard InChI is InChI=1S/C34H51BN6O6/c1-9-27-34(7)30(41(32(44)47-34)17-13-12-16-40-20-26(38-39-40)25-14-10-11-15-36-25)24(5)37-19-21(2)18-33(6,45-8)29(35)22(3)28(42)23(4)31(43)46-27/h10-15,20-24,27,29-30,37H,9,16-19,35H2,1-8H3/b13-12+/t21-,22+,23-,24-,27-,29-,30-,33-,34-/m1/s1. The molecule has 1 N–H and O–H groups in total. The third kappa shape index (κ3) is 7.78. The summed E-state index contributed by atoms with van der Waals surface area (Å²) in [4.78, 5) is 46.6. The number of ketones is 1. The molecule has 13 heteroatoms. The Morgan fingerprint density at radius 2 is 1.83 bits per heavy atom. The molecule has 256 valence electrons. The molecule has 0 bridgehead atoms. The van der Waals surface area contributed by atoms with Gasteiger partial charge in [0.2, 0.25) is 0 Å². The van der Waals surface area contributed by atoms with Crippen LogP contribution in [0.4, 0.5) is 4.79 Å². The van der Waals surface area contributed by atoms with E-state index in [1.54, 1.807) is 29.8 Å². The second-order valence-electron chi connectivity index (χ2n) is 13.7. The first-order valence-electron chi connectivity index (χ1n) is 16.7. The van der Waals surface area contributed by atoms with Crippen molar-refractivity contribution in [1.29, 1.82) is 0 Å². The summed E-state index contributed by atoms with van der Waals surface area (Å²) in [5.41, 5.74) is -0.344. The number of hydrogen-bond acceptors (Lipinski definition) is 10. The number of nitrogens with one attached hydrogen (secondary N) is 1. The smallest absolute Gasteiger partial charge is 0.411 e. The van der Waals surface area contributed by atoms with E-state index in [0.29, 0.717) is 31.6 Å². The molecule has 0 radical (unpaired) electrons. The summed E-state index contributed by atoms with van der Waals surface area (Å²) in [7, 11) is 3.69. The minimum absolute atomic E-state index is 0.138. The topological polar surface area (TPSA) is 138 Å². The zero-order valence-electron chi connectivity index (χ0n) is 29.3. The van der Waals surface area contributed by atoms with E-state index in [2.05, 4.69) is 27.5 Å². The predicted molar refractivity (Wildman–Crippen MR) is 180 cm³/mol. The van der Waals surface area contributed by atoms with Gasteiger partial charge in [-0.3, -0.25) is 19.5 Å². The van der Waals surface area contributed by atoms with Crippen molar-refractivity contribution in [3.05, 3.63) is 42.7 Å². The van der Waals surface area contributed by atoms with E-state index in [9.17, 15) is 14.4 Å². The van der Waals surface area contributed by atoms with E-state index in [0.717, 1.165) is 5.69 Å². The normalized spacial score (nSPS) is 34.4. The highest BCUT2D eigenvalue weighted by atomic mass is 16.6. The second-order valence-corrected chi connectivity index (χ2v) is 13.7. The highest BCUT2D eigenvalue weighted by Crippen LogP contribution is 2.40. The van der Waals surface area contributed by atoms with Crippen LogP contribution in [0.5, 0.6) is 0 Å². The Morgan fingerprint density at radius 1 is 1.11 bits per heavy atom. The van der Waals surface area contributed by atoms with Crippen LogP contribution in [0.3, 0.4) is 0 Å². The second kappa shape index (κ2) is 15.1. The fourth-order valence-corrected chi connectivity index (χ4v) is 7.18. The Bertz CT molecular complexity index is 1420. The highest BCUT2D eigenvalue weighted by Gasteiger charge is 2.58. The Kier molecular flexibility index (Phi) is 11.7. The number of amides is 1. The number of methoxy groups -OCH3 is 1. The molecule has 1 amide bonds. The molecule has 0 aliphatic carbocycles. The van der Waals surface area contributed by atoms with Crippen molar-refractivity contribution in [2.45, 2.75) is 103 Å². The van der Waals surface area contributed by atoms with Gasteiger partial charge in [-0.15, -0.1) is 5.10 Å². The molecule has 2 aliphatic heterocycles. The molecule has 47 heavy (non-hydrogen) atoms. The third-order valence-corrected chi connectivity index (χ3v) is 10.4. The maximum absolute atomic E-state index is 13.6. The SMILES string of the molecule is B[C@@H]1[C@@H](C)C(=O)[C@@H](C)C(=O)O[C@H](CC)[C@@]2(C)OC(=O)N(C/C=C/Cn3cc(-c4ccccn4)nn3)[C@@H]2[C@@H](C)NC[C@H](C)C[C@@]1(C)OC. The Hall–Kier alpha value is -3.58. The Morgan fingerprint density at radius 3 is 2.49 bits per heavy atom. The number of aromatic nitrogens is 4. The molecule has 0 unspecified atom stereocenters. The number of cyclic esters (lactones) is 1. The third-order valence-electron chi connectivity index (χ3n) is 10.4. The van der Waals surface area contributed by atoms with Crippen molar-refractivity contribution in [2.75, 3.05) is 20.2 Å². The molecule has 2 aliphatic rings. The van der Waals surface area contributed by atoms with Gasteiger partial charge < -0.3 is 19.5 Å². The molecule has 0 aromatic carbocycles. The first-order valence-corrected chi connectivity index (χ1v) is 16.7. The monoisotopic (exact) mass is 650 g/mol. The first-order chi connectivity index (χ1) is 22.3. The fraction of sp³-hybridized carbons (Fsp3) is 0.647. The quantitative estimate of drug-likeness (QED) is 0.205. The van der Waals surface area contributed by atoms with E-state index in [4.69, 9.17) is 14.2 Å². The Balaban J connectivity index is 1.59. The van der Waals surface area contributed by atoms with Crippen LogP contribution in [-0.4, -0.2) is 100 Å². The number of pyridine rings is 1. The van der Waals surface area contributed by atoms with Crippen LogP contribution in [-0.2, 0) is 30.3 Å². The summed E-state index contributed by atoms with van der Waals surface area (Å²) in [5.74, 6) is -2.16. The van der Waals surface area contributed by atoms with Crippen molar-refractivity contribution in [3.8, 4) is 11.4 Å². The van der Waals surface area contributed by atoms with E-state index in [1.165, 1.54) is 0 Å². The van der Waals surface area contributed by atoms with Crippen LogP contribution >= 0.6 is 0 Å².